The van der Waals surface area contributed by atoms with Gasteiger partial charge in [-0.25, -0.2) is 0 Å². The maximum Gasteiger partial charge on any atom is 0.125 e. The fraction of sp³-hybridized carbons (Fsp3) is 0.500. The van der Waals surface area contributed by atoms with E-state index in [9.17, 15) is 0 Å². The Labute approximate surface area is 85.1 Å². The molecule has 0 atom stereocenters. The second kappa shape index (κ2) is 4.01. The molecule has 2 rings (SSSR count). The average Bonchev–Trinajstić information content (AvgIpc) is 2.63. The standard InChI is InChI=1S/C12H17NO/c1-9-7-10(3-2-5-13)8-11-4-6-14-12(9)11/h7-8H,2-6,13H2,1H3. The van der Waals surface area contributed by atoms with Gasteiger partial charge in [0.1, 0.15) is 5.75 Å². The SMILES string of the molecule is Cc1cc(CCCN)cc2c1OCC2. The van der Waals surface area contributed by atoms with Gasteiger partial charge in [0, 0.05) is 6.42 Å². The molecule has 0 amide bonds. The Morgan fingerprint density at radius 2 is 2.29 bits per heavy atom. The number of benzene rings is 1. The van der Waals surface area contributed by atoms with Gasteiger partial charge in [0.25, 0.3) is 0 Å². The van der Waals surface area contributed by atoms with Crippen LogP contribution in [0.15, 0.2) is 12.1 Å². The topological polar surface area (TPSA) is 35.2 Å². The van der Waals surface area contributed by atoms with Crippen molar-refractivity contribution in [1.82, 2.24) is 0 Å². The first-order chi connectivity index (χ1) is 6.81. The van der Waals surface area contributed by atoms with Crippen LogP contribution in [0.5, 0.6) is 5.75 Å². The van der Waals surface area contributed by atoms with Gasteiger partial charge >= 0.3 is 0 Å². The van der Waals surface area contributed by atoms with Crippen molar-refractivity contribution < 1.29 is 4.74 Å². The fourth-order valence-corrected chi connectivity index (χ4v) is 2.03. The van der Waals surface area contributed by atoms with Crippen molar-refractivity contribution in [2.24, 2.45) is 5.73 Å². The van der Waals surface area contributed by atoms with Gasteiger partial charge < -0.3 is 10.5 Å². The van der Waals surface area contributed by atoms with Crippen molar-refractivity contribution in [3.05, 3.63) is 28.8 Å². The molecule has 0 aromatic heterocycles. The summed E-state index contributed by atoms with van der Waals surface area (Å²) in [4.78, 5) is 0. The van der Waals surface area contributed by atoms with Crippen LogP contribution in [0, 0.1) is 6.92 Å². The smallest absolute Gasteiger partial charge is 0.125 e. The summed E-state index contributed by atoms with van der Waals surface area (Å²) < 4.78 is 5.56. The number of ether oxygens (including phenoxy) is 1. The largest absolute Gasteiger partial charge is 0.493 e. The molecule has 0 fully saturated rings. The van der Waals surface area contributed by atoms with Gasteiger partial charge in [-0.2, -0.15) is 0 Å². The third kappa shape index (κ3) is 1.75. The molecule has 1 heterocycles. The highest BCUT2D eigenvalue weighted by Gasteiger charge is 2.14. The molecule has 0 spiro atoms. The number of nitrogens with two attached hydrogens (primary N) is 1. The Morgan fingerprint density at radius 1 is 1.43 bits per heavy atom. The van der Waals surface area contributed by atoms with Crippen molar-refractivity contribution >= 4 is 0 Å². The zero-order valence-corrected chi connectivity index (χ0v) is 8.68. The van der Waals surface area contributed by atoms with Crippen molar-refractivity contribution in [3.8, 4) is 5.75 Å². The zero-order chi connectivity index (χ0) is 9.97. The molecular weight excluding hydrogens is 174 g/mol. The van der Waals surface area contributed by atoms with Gasteiger partial charge in [-0.05, 0) is 43.0 Å². The summed E-state index contributed by atoms with van der Waals surface area (Å²) in [5, 5.41) is 0. The highest BCUT2D eigenvalue weighted by Crippen LogP contribution is 2.30. The third-order valence-electron chi connectivity index (χ3n) is 2.70. The van der Waals surface area contributed by atoms with Gasteiger partial charge in [-0.15, -0.1) is 0 Å². The van der Waals surface area contributed by atoms with Crippen LogP contribution >= 0.6 is 0 Å². The van der Waals surface area contributed by atoms with Crippen LogP contribution in [0.2, 0.25) is 0 Å². The minimum Gasteiger partial charge on any atom is -0.493 e. The van der Waals surface area contributed by atoms with Crippen LogP contribution in [0.4, 0.5) is 0 Å². The number of hydrogen-bond donors (Lipinski definition) is 1. The number of aryl methyl sites for hydroxylation is 2. The second-order valence-electron chi connectivity index (χ2n) is 3.89. The van der Waals surface area contributed by atoms with Gasteiger partial charge in [-0.1, -0.05) is 12.1 Å². The quantitative estimate of drug-likeness (QED) is 0.791. The molecule has 14 heavy (non-hydrogen) atoms. The summed E-state index contributed by atoms with van der Waals surface area (Å²) in [6, 6.07) is 4.49. The zero-order valence-electron chi connectivity index (χ0n) is 8.68. The molecule has 0 aliphatic carbocycles. The molecule has 76 valence electrons. The number of fused-ring (bicyclic) bond motifs is 1. The van der Waals surface area contributed by atoms with E-state index in [2.05, 4.69) is 19.1 Å². The molecule has 2 nitrogen and oxygen atoms in total. The first kappa shape index (κ1) is 9.53. The Morgan fingerprint density at radius 3 is 3.07 bits per heavy atom. The molecule has 0 saturated carbocycles. The molecule has 0 radical (unpaired) electrons. The lowest BCUT2D eigenvalue weighted by molar-refractivity contribution is 0.354. The number of rotatable bonds is 3. The Hall–Kier alpha value is -1.02. The molecule has 2 heteroatoms. The van der Waals surface area contributed by atoms with E-state index >= 15 is 0 Å². The van der Waals surface area contributed by atoms with Crippen LogP contribution in [-0.2, 0) is 12.8 Å². The molecule has 1 aliphatic rings. The first-order valence-corrected chi connectivity index (χ1v) is 5.26. The van der Waals surface area contributed by atoms with E-state index in [4.69, 9.17) is 10.5 Å². The summed E-state index contributed by atoms with van der Waals surface area (Å²) in [5.74, 6) is 1.11. The summed E-state index contributed by atoms with van der Waals surface area (Å²) in [7, 11) is 0. The van der Waals surface area contributed by atoms with E-state index in [1.54, 1.807) is 0 Å². The lowest BCUT2D eigenvalue weighted by atomic mass is 10.0. The normalized spacial score (nSPS) is 13.9. The van der Waals surface area contributed by atoms with Crippen LogP contribution in [0.25, 0.3) is 0 Å². The van der Waals surface area contributed by atoms with Crippen molar-refractivity contribution in [1.29, 1.82) is 0 Å². The minimum absolute atomic E-state index is 0.770. The van der Waals surface area contributed by atoms with Crippen LogP contribution < -0.4 is 10.5 Å². The molecule has 0 saturated heterocycles. The van der Waals surface area contributed by atoms with Gasteiger partial charge in [-0.3, -0.25) is 0 Å². The van der Waals surface area contributed by atoms with Crippen LogP contribution in [-0.4, -0.2) is 13.2 Å². The van der Waals surface area contributed by atoms with E-state index in [0.717, 1.165) is 38.2 Å². The summed E-state index contributed by atoms with van der Waals surface area (Å²) >= 11 is 0. The lowest BCUT2D eigenvalue weighted by Crippen LogP contribution is -2.00. The number of hydrogen-bond acceptors (Lipinski definition) is 2. The van der Waals surface area contributed by atoms with E-state index in [-0.39, 0.29) is 0 Å². The van der Waals surface area contributed by atoms with Gasteiger partial charge in [0.05, 0.1) is 6.61 Å². The van der Waals surface area contributed by atoms with Crippen molar-refractivity contribution in [3.63, 3.8) is 0 Å². The predicted octanol–water partition coefficient (Wildman–Crippen LogP) is 1.82. The highest BCUT2D eigenvalue weighted by molar-refractivity contribution is 5.46. The summed E-state index contributed by atoms with van der Waals surface area (Å²) in [5.41, 5.74) is 9.55. The predicted molar refractivity (Wildman–Crippen MR) is 57.8 cm³/mol. The van der Waals surface area contributed by atoms with Crippen molar-refractivity contribution in [2.45, 2.75) is 26.2 Å². The maximum atomic E-state index is 5.56. The highest BCUT2D eigenvalue weighted by atomic mass is 16.5. The van der Waals surface area contributed by atoms with E-state index in [0.29, 0.717) is 0 Å². The molecule has 1 aromatic carbocycles. The molecule has 1 aliphatic heterocycles. The summed E-state index contributed by atoms with van der Waals surface area (Å²) in [6.45, 7) is 3.74. The third-order valence-corrected chi connectivity index (χ3v) is 2.70. The molecule has 2 N–H and O–H groups in total. The Kier molecular flexibility index (Phi) is 2.73. The van der Waals surface area contributed by atoms with Crippen LogP contribution in [0.1, 0.15) is 23.1 Å². The van der Waals surface area contributed by atoms with Crippen LogP contribution in [0.3, 0.4) is 0 Å². The second-order valence-corrected chi connectivity index (χ2v) is 3.89. The van der Waals surface area contributed by atoms with E-state index < -0.39 is 0 Å². The first-order valence-electron chi connectivity index (χ1n) is 5.26. The maximum absolute atomic E-state index is 5.56. The van der Waals surface area contributed by atoms with Crippen molar-refractivity contribution in [2.75, 3.05) is 13.2 Å². The van der Waals surface area contributed by atoms with Gasteiger partial charge in [0.15, 0.2) is 0 Å². The Bertz CT molecular complexity index is 333. The molecular formula is C12H17NO. The fourth-order valence-electron chi connectivity index (χ4n) is 2.03. The average molecular weight is 191 g/mol. The molecule has 0 unspecified atom stereocenters. The van der Waals surface area contributed by atoms with E-state index in [1.165, 1.54) is 16.7 Å². The summed E-state index contributed by atoms with van der Waals surface area (Å²) in [6.07, 6.45) is 3.22. The monoisotopic (exact) mass is 191 g/mol. The lowest BCUT2D eigenvalue weighted by Gasteiger charge is -2.07. The van der Waals surface area contributed by atoms with Gasteiger partial charge in [0.2, 0.25) is 0 Å². The van der Waals surface area contributed by atoms with E-state index in [1.807, 2.05) is 0 Å². The molecule has 0 bridgehead atoms. The Balaban J connectivity index is 2.23. The molecule has 1 aromatic rings. The minimum atomic E-state index is 0.770.